The number of amides is 2. The molecule has 118 valence electrons. The number of nitrogens with two attached hydrogens (primary N) is 1. The Kier molecular flexibility index (Phi) is 4.53. The summed E-state index contributed by atoms with van der Waals surface area (Å²) in [5, 5.41) is 0.0492. The zero-order chi connectivity index (χ0) is 16.6. The van der Waals surface area contributed by atoms with Crippen LogP contribution >= 0.6 is 35.0 Å². The number of carbonyl (C=O) groups excluding carboxylic acids is 2. The van der Waals surface area contributed by atoms with E-state index in [-0.39, 0.29) is 34.0 Å². The third kappa shape index (κ3) is 3.17. The Morgan fingerprint density at radius 2 is 1.65 bits per heavy atom. The van der Waals surface area contributed by atoms with Gasteiger partial charge in [0.25, 0.3) is 0 Å². The quantitative estimate of drug-likeness (QED) is 0.658. The van der Waals surface area contributed by atoms with Crippen LogP contribution in [0.2, 0.25) is 10.0 Å². The van der Waals surface area contributed by atoms with Crippen molar-refractivity contribution in [2.45, 2.75) is 16.6 Å². The molecular formula is C16H12Cl2N2O2S. The maximum atomic E-state index is 12.6. The van der Waals surface area contributed by atoms with E-state index >= 15 is 0 Å². The first-order valence-corrected chi connectivity index (χ1v) is 8.44. The van der Waals surface area contributed by atoms with Gasteiger partial charge in [0.15, 0.2) is 0 Å². The molecule has 2 N–H and O–H groups in total. The number of hydrogen-bond acceptors (Lipinski definition) is 4. The Bertz CT molecular complexity index is 760. The molecule has 2 aromatic carbocycles. The van der Waals surface area contributed by atoms with Crippen LogP contribution in [0.4, 0.5) is 11.4 Å². The van der Waals surface area contributed by atoms with Crippen molar-refractivity contribution < 1.29 is 9.59 Å². The van der Waals surface area contributed by atoms with Gasteiger partial charge in [-0.15, -0.1) is 11.8 Å². The molecule has 23 heavy (non-hydrogen) atoms. The molecule has 1 heterocycles. The molecule has 0 saturated carbocycles. The number of anilines is 2. The third-order valence-electron chi connectivity index (χ3n) is 3.42. The minimum absolute atomic E-state index is 0.107. The number of benzene rings is 2. The van der Waals surface area contributed by atoms with Crippen LogP contribution in [0.15, 0.2) is 47.4 Å². The number of nitrogen functional groups attached to an aromatic ring is 1. The van der Waals surface area contributed by atoms with Crippen molar-refractivity contribution in [3.8, 4) is 0 Å². The van der Waals surface area contributed by atoms with Crippen molar-refractivity contribution in [3.63, 3.8) is 0 Å². The molecule has 0 aromatic heterocycles. The van der Waals surface area contributed by atoms with Gasteiger partial charge in [-0.25, -0.2) is 4.90 Å². The SMILES string of the molecule is Nc1ccc(S[C@H]2CC(=O)N(c3c(Cl)cccc3Cl)C2=O)cc1. The molecule has 1 saturated heterocycles. The highest BCUT2D eigenvalue weighted by Crippen LogP contribution is 2.40. The molecule has 1 aliphatic heterocycles. The van der Waals surface area contributed by atoms with Gasteiger partial charge < -0.3 is 5.73 Å². The van der Waals surface area contributed by atoms with Gasteiger partial charge in [-0.1, -0.05) is 29.3 Å². The standard InChI is InChI=1S/C16H12Cl2N2O2S/c17-11-2-1-3-12(18)15(11)20-14(21)8-13(16(20)22)23-10-6-4-9(19)5-7-10/h1-7,13H,8,19H2/t13-/m0/s1. The zero-order valence-electron chi connectivity index (χ0n) is 11.8. The number of nitrogens with zero attached hydrogens (tertiary/aromatic N) is 1. The fraction of sp³-hybridized carbons (Fsp3) is 0.125. The molecule has 0 radical (unpaired) electrons. The van der Waals surface area contributed by atoms with Crippen molar-refractivity contribution in [1.82, 2.24) is 0 Å². The highest BCUT2D eigenvalue weighted by molar-refractivity contribution is 8.00. The van der Waals surface area contributed by atoms with Gasteiger partial charge in [-0.05, 0) is 36.4 Å². The van der Waals surface area contributed by atoms with Crippen LogP contribution in [0.1, 0.15) is 6.42 Å². The molecule has 0 bridgehead atoms. The van der Waals surface area contributed by atoms with E-state index in [9.17, 15) is 9.59 Å². The highest BCUT2D eigenvalue weighted by atomic mass is 35.5. The van der Waals surface area contributed by atoms with E-state index in [1.165, 1.54) is 11.8 Å². The molecular weight excluding hydrogens is 355 g/mol. The molecule has 0 aliphatic carbocycles. The van der Waals surface area contributed by atoms with Gasteiger partial charge >= 0.3 is 0 Å². The second-order valence-corrected chi connectivity index (χ2v) is 7.11. The van der Waals surface area contributed by atoms with Crippen LogP contribution in [-0.4, -0.2) is 17.1 Å². The summed E-state index contributed by atoms with van der Waals surface area (Å²) in [6.07, 6.45) is 0.107. The van der Waals surface area contributed by atoms with Crippen LogP contribution in [0, 0.1) is 0 Å². The summed E-state index contributed by atoms with van der Waals surface area (Å²) in [5.41, 5.74) is 6.55. The van der Waals surface area contributed by atoms with E-state index in [1.54, 1.807) is 30.3 Å². The van der Waals surface area contributed by atoms with Crippen LogP contribution < -0.4 is 10.6 Å². The molecule has 1 aliphatic rings. The van der Waals surface area contributed by atoms with Gasteiger partial charge in [-0.2, -0.15) is 0 Å². The summed E-state index contributed by atoms with van der Waals surface area (Å²) in [6.45, 7) is 0. The summed E-state index contributed by atoms with van der Waals surface area (Å²) in [7, 11) is 0. The van der Waals surface area contributed by atoms with Crippen molar-refractivity contribution in [1.29, 1.82) is 0 Å². The molecule has 0 unspecified atom stereocenters. The lowest BCUT2D eigenvalue weighted by atomic mass is 10.3. The van der Waals surface area contributed by atoms with Crippen molar-refractivity contribution in [2.24, 2.45) is 0 Å². The molecule has 1 atom stereocenters. The van der Waals surface area contributed by atoms with Gasteiger partial charge in [0.2, 0.25) is 11.8 Å². The minimum atomic E-state index is -0.501. The predicted molar refractivity (Wildman–Crippen MR) is 94.1 cm³/mol. The average Bonchev–Trinajstić information content (AvgIpc) is 2.77. The smallest absolute Gasteiger partial charge is 0.247 e. The maximum Gasteiger partial charge on any atom is 0.247 e. The fourth-order valence-corrected chi connectivity index (χ4v) is 3.96. The molecule has 2 amide bonds. The molecule has 3 rings (SSSR count). The second-order valence-electron chi connectivity index (χ2n) is 5.02. The van der Waals surface area contributed by atoms with E-state index in [0.29, 0.717) is 5.69 Å². The van der Waals surface area contributed by atoms with E-state index in [4.69, 9.17) is 28.9 Å². The molecule has 0 spiro atoms. The first-order valence-electron chi connectivity index (χ1n) is 6.80. The number of hydrogen-bond donors (Lipinski definition) is 1. The van der Waals surface area contributed by atoms with Crippen LogP contribution in [0.25, 0.3) is 0 Å². The number of halogens is 2. The van der Waals surface area contributed by atoms with Crippen molar-refractivity contribution >= 4 is 58.2 Å². The first-order chi connectivity index (χ1) is 11.0. The third-order valence-corrected chi connectivity index (χ3v) is 5.23. The molecule has 7 heteroatoms. The van der Waals surface area contributed by atoms with Gasteiger partial charge in [0.05, 0.1) is 21.0 Å². The fourth-order valence-electron chi connectivity index (χ4n) is 2.34. The van der Waals surface area contributed by atoms with E-state index in [1.807, 2.05) is 12.1 Å². The Morgan fingerprint density at radius 1 is 1.04 bits per heavy atom. The summed E-state index contributed by atoms with van der Waals surface area (Å²) >= 11 is 13.6. The number of imide groups is 1. The Balaban J connectivity index is 1.87. The number of carbonyl (C=O) groups is 2. The van der Waals surface area contributed by atoms with E-state index in [2.05, 4.69) is 0 Å². The van der Waals surface area contributed by atoms with Crippen molar-refractivity contribution in [2.75, 3.05) is 10.6 Å². The highest BCUT2D eigenvalue weighted by Gasteiger charge is 2.41. The largest absolute Gasteiger partial charge is 0.399 e. The Labute approximate surface area is 147 Å². The van der Waals surface area contributed by atoms with Crippen LogP contribution in [-0.2, 0) is 9.59 Å². The van der Waals surface area contributed by atoms with E-state index < -0.39 is 5.25 Å². The Hall–Kier alpha value is -1.69. The molecule has 1 fully saturated rings. The maximum absolute atomic E-state index is 12.6. The number of thioether (sulfide) groups is 1. The minimum Gasteiger partial charge on any atom is -0.399 e. The second kappa shape index (κ2) is 6.43. The van der Waals surface area contributed by atoms with Crippen molar-refractivity contribution in [3.05, 3.63) is 52.5 Å². The van der Waals surface area contributed by atoms with Gasteiger partial charge in [-0.3, -0.25) is 9.59 Å². The van der Waals surface area contributed by atoms with Crippen LogP contribution in [0.3, 0.4) is 0 Å². The molecule has 2 aromatic rings. The van der Waals surface area contributed by atoms with Gasteiger partial charge in [0, 0.05) is 17.0 Å². The monoisotopic (exact) mass is 366 g/mol. The lowest BCUT2D eigenvalue weighted by molar-refractivity contribution is -0.121. The normalized spacial score (nSPS) is 17.8. The summed E-state index contributed by atoms with van der Waals surface area (Å²) in [5.74, 6) is -0.621. The van der Waals surface area contributed by atoms with Gasteiger partial charge in [0.1, 0.15) is 0 Å². The predicted octanol–water partition coefficient (Wildman–Crippen LogP) is 4.00. The topological polar surface area (TPSA) is 63.4 Å². The average molecular weight is 367 g/mol. The lowest BCUT2D eigenvalue weighted by Gasteiger charge is -2.17. The summed E-state index contributed by atoms with van der Waals surface area (Å²) < 4.78 is 0. The lowest BCUT2D eigenvalue weighted by Crippen LogP contribution is -2.31. The Morgan fingerprint density at radius 3 is 2.26 bits per heavy atom. The zero-order valence-corrected chi connectivity index (χ0v) is 14.2. The number of rotatable bonds is 3. The summed E-state index contributed by atoms with van der Waals surface area (Å²) in [4.78, 5) is 26.9. The molecule has 4 nitrogen and oxygen atoms in total. The summed E-state index contributed by atoms with van der Waals surface area (Å²) in [6, 6.07) is 12.0. The number of para-hydroxylation sites is 1. The first kappa shape index (κ1) is 16.2. The van der Waals surface area contributed by atoms with E-state index in [0.717, 1.165) is 9.80 Å². The van der Waals surface area contributed by atoms with Crippen LogP contribution in [0.5, 0.6) is 0 Å².